The number of ketones is 1. The minimum Gasteiger partial charge on any atom is -0.463 e. The average Bonchev–Trinajstić information content (AvgIpc) is 2.71. The maximum Gasteiger partial charge on any atom is 0.302 e. The van der Waals surface area contributed by atoms with Gasteiger partial charge < -0.3 is 4.74 Å². The van der Waals surface area contributed by atoms with Crippen LogP contribution in [-0.2, 0) is 14.3 Å². The van der Waals surface area contributed by atoms with Crippen LogP contribution in [0.1, 0.15) is 71.6 Å². The quantitative estimate of drug-likeness (QED) is 0.490. The molecule has 0 spiro atoms. The molecule has 0 aromatic heterocycles. The summed E-state index contributed by atoms with van der Waals surface area (Å²) in [6.45, 7) is 3.63. The molecule has 0 N–H and O–H groups in total. The van der Waals surface area contributed by atoms with Gasteiger partial charge in [-0.1, -0.05) is 19.8 Å². The van der Waals surface area contributed by atoms with Gasteiger partial charge >= 0.3 is 5.97 Å². The zero-order chi connectivity index (χ0) is 13.4. The van der Waals surface area contributed by atoms with Crippen LogP contribution in [0.25, 0.3) is 0 Å². The second kappa shape index (κ2) is 8.28. The zero-order valence-corrected chi connectivity index (χ0v) is 11.7. The fraction of sp³-hybridized carbons (Fsp3) is 0.867. The van der Waals surface area contributed by atoms with E-state index in [1.54, 1.807) is 0 Å². The van der Waals surface area contributed by atoms with Crippen molar-refractivity contribution >= 4 is 11.8 Å². The Hall–Kier alpha value is -0.860. The third-order valence-corrected chi connectivity index (χ3v) is 3.73. The molecule has 0 radical (unpaired) electrons. The summed E-state index contributed by atoms with van der Waals surface area (Å²) in [6.07, 6.45) is 8.97. The van der Waals surface area contributed by atoms with Crippen LogP contribution in [0.2, 0.25) is 0 Å². The molecule has 1 aliphatic rings. The third kappa shape index (κ3) is 5.65. The Morgan fingerprint density at radius 2 is 2.17 bits per heavy atom. The molecule has 1 saturated carbocycles. The van der Waals surface area contributed by atoms with Crippen molar-refractivity contribution in [3.05, 3.63) is 0 Å². The standard InChI is InChI=1S/C15H26O3/c1-3-4-5-8-14(18-12(2)16)11-10-13-7-6-9-15(13)17/h13-14H,3-11H2,1-2H3. The first-order chi connectivity index (χ1) is 8.63. The Morgan fingerprint density at radius 1 is 1.39 bits per heavy atom. The van der Waals surface area contributed by atoms with Crippen molar-refractivity contribution in [1.82, 2.24) is 0 Å². The summed E-state index contributed by atoms with van der Waals surface area (Å²) < 4.78 is 5.34. The molecule has 0 heterocycles. The van der Waals surface area contributed by atoms with Gasteiger partial charge in [-0.05, 0) is 38.5 Å². The average molecular weight is 254 g/mol. The van der Waals surface area contributed by atoms with E-state index in [9.17, 15) is 9.59 Å². The highest BCUT2D eigenvalue weighted by atomic mass is 16.5. The van der Waals surface area contributed by atoms with Crippen LogP contribution in [0.5, 0.6) is 0 Å². The Bertz CT molecular complexity index is 273. The molecule has 0 aromatic carbocycles. The second-order valence-corrected chi connectivity index (χ2v) is 5.36. The molecule has 0 bridgehead atoms. The monoisotopic (exact) mass is 254 g/mol. The van der Waals surface area contributed by atoms with Crippen molar-refractivity contribution < 1.29 is 14.3 Å². The van der Waals surface area contributed by atoms with Crippen LogP contribution in [0, 0.1) is 5.92 Å². The number of rotatable bonds is 8. The number of hydrogen-bond acceptors (Lipinski definition) is 3. The van der Waals surface area contributed by atoms with Crippen LogP contribution in [-0.4, -0.2) is 17.9 Å². The molecule has 0 saturated heterocycles. The summed E-state index contributed by atoms with van der Waals surface area (Å²) in [6, 6.07) is 0. The van der Waals surface area contributed by atoms with Crippen LogP contribution in [0.3, 0.4) is 0 Å². The minimum atomic E-state index is -0.200. The van der Waals surface area contributed by atoms with E-state index >= 15 is 0 Å². The Balaban J connectivity index is 2.30. The van der Waals surface area contributed by atoms with E-state index in [0.29, 0.717) is 5.78 Å². The summed E-state index contributed by atoms with van der Waals surface area (Å²) in [7, 11) is 0. The van der Waals surface area contributed by atoms with Gasteiger partial charge in [0.15, 0.2) is 0 Å². The minimum absolute atomic E-state index is 0.0162. The summed E-state index contributed by atoms with van der Waals surface area (Å²) in [5, 5.41) is 0. The Kier molecular flexibility index (Phi) is 6.99. The number of Topliss-reactive ketones (excluding diaryl/α,β-unsaturated/α-hetero) is 1. The highest BCUT2D eigenvalue weighted by molar-refractivity contribution is 5.82. The van der Waals surface area contributed by atoms with E-state index in [-0.39, 0.29) is 18.0 Å². The normalized spacial score (nSPS) is 21.0. The fourth-order valence-corrected chi connectivity index (χ4v) is 2.70. The largest absolute Gasteiger partial charge is 0.463 e. The molecule has 2 unspecified atom stereocenters. The molecule has 1 rings (SSSR count). The van der Waals surface area contributed by atoms with Crippen molar-refractivity contribution in [3.63, 3.8) is 0 Å². The van der Waals surface area contributed by atoms with Gasteiger partial charge in [-0.15, -0.1) is 0 Å². The summed E-state index contributed by atoms with van der Waals surface area (Å²) >= 11 is 0. The van der Waals surface area contributed by atoms with E-state index in [0.717, 1.165) is 44.9 Å². The fourth-order valence-electron chi connectivity index (χ4n) is 2.70. The molecule has 3 nitrogen and oxygen atoms in total. The first-order valence-electron chi connectivity index (χ1n) is 7.33. The molecule has 2 atom stereocenters. The molecular weight excluding hydrogens is 228 g/mol. The van der Waals surface area contributed by atoms with E-state index in [4.69, 9.17) is 4.74 Å². The molecular formula is C15H26O3. The lowest BCUT2D eigenvalue weighted by Gasteiger charge is -2.18. The number of unbranched alkanes of at least 4 members (excludes halogenated alkanes) is 2. The van der Waals surface area contributed by atoms with E-state index in [1.807, 2.05) is 0 Å². The lowest BCUT2D eigenvalue weighted by molar-refractivity contribution is -0.147. The maximum atomic E-state index is 11.6. The zero-order valence-electron chi connectivity index (χ0n) is 11.7. The third-order valence-electron chi connectivity index (χ3n) is 3.73. The van der Waals surface area contributed by atoms with Crippen molar-refractivity contribution in [3.8, 4) is 0 Å². The van der Waals surface area contributed by atoms with Crippen molar-refractivity contribution in [2.24, 2.45) is 5.92 Å². The van der Waals surface area contributed by atoms with Crippen LogP contribution in [0.4, 0.5) is 0 Å². The van der Waals surface area contributed by atoms with Gasteiger partial charge in [0.25, 0.3) is 0 Å². The van der Waals surface area contributed by atoms with Gasteiger partial charge in [-0.2, -0.15) is 0 Å². The number of ether oxygens (including phenoxy) is 1. The van der Waals surface area contributed by atoms with E-state index < -0.39 is 0 Å². The molecule has 104 valence electrons. The first kappa shape index (κ1) is 15.2. The number of esters is 1. The van der Waals surface area contributed by atoms with Gasteiger partial charge in [0, 0.05) is 19.3 Å². The molecule has 18 heavy (non-hydrogen) atoms. The Morgan fingerprint density at radius 3 is 2.72 bits per heavy atom. The molecule has 0 amide bonds. The molecule has 1 aliphatic carbocycles. The summed E-state index contributed by atoms with van der Waals surface area (Å²) in [5.74, 6) is 0.439. The van der Waals surface area contributed by atoms with E-state index in [1.165, 1.54) is 19.8 Å². The van der Waals surface area contributed by atoms with Gasteiger partial charge in [-0.25, -0.2) is 0 Å². The van der Waals surface area contributed by atoms with Gasteiger partial charge in [0.2, 0.25) is 0 Å². The lowest BCUT2D eigenvalue weighted by Crippen LogP contribution is -2.18. The smallest absolute Gasteiger partial charge is 0.302 e. The predicted molar refractivity (Wildman–Crippen MR) is 71.3 cm³/mol. The van der Waals surface area contributed by atoms with Crippen molar-refractivity contribution in [1.29, 1.82) is 0 Å². The molecule has 0 aliphatic heterocycles. The first-order valence-corrected chi connectivity index (χ1v) is 7.33. The molecule has 0 aromatic rings. The van der Waals surface area contributed by atoms with Gasteiger partial charge in [0.1, 0.15) is 11.9 Å². The second-order valence-electron chi connectivity index (χ2n) is 5.36. The predicted octanol–water partition coefficient (Wildman–Crippen LogP) is 3.65. The molecule has 3 heteroatoms. The van der Waals surface area contributed by atoms with Gasteiger partial charge in [0.05, 0.1) is 0 Å². The van der Waals surface area contributed by atoms with Crippen LogP contribution in [0.15, 0.2) is 0 Å². The van der Waals surface area contributed by atoms with Crippen molar-refractivity contribution in [2.75, 3.05) is 0 Å². The van der Waals surface area contributed by atoms with Gasteiger partial charge in [-0.3, -0.25) is 9.59 Å². The summed E-state index contributed by atoms with van der Waals surface area (Å²) in [4.78, 5) is 22.6. The highest BCUT2D eigenvalue weighted by Crippen LogP contribution is 2.27. The maximum absolute atomic E-state index is 11.6. The van der Waals surface area contributed by atoms with E-state index in [2.05, 4.69) is 6.92 Å². The highest BCUT2D eigenvalue weighted by Gasteiger charge is 2.25. The van der Waals surface area contributed by atoms with Crippen molar-refractivity contribution in [2.45, 2.75) is 77.7 Å². The Labute approximate surface area is 110 Å². The van der Waals surface area contributed by atoms with Crippen LogP contribution < -0.4 is 0 Å². The molecule has 1 fully saturated rings. The SMILES string of the molecule is CCCCCC(CCC1CCCC1=O)OC(C)=O. The topological polar surface area (TPSA) is 43.4 Å². The number of hydrogen-bond donors (Lipinski definition) is 0. The number of carbonyl (C=O) groups excluding carboxylic acids is 2. The number of carbonyl (C=O) groups is 2. The lowest BCUT2D eigenvalue weighted by atomic mass is 9.96. The summed E-state index contributed by atoms with van der Waals surface area (Å²) in [5.41, 5.74) is 0. The van der Waals surface area contributed by atoms with Crippen LogP contribution >= 0.6 is 0 Å².